The average molecular weight is 170 g/mol. The lowest BCUT2D eigenvalue weighted by atomic mass is 9.84. The largest absolute Gasteiger partial charge is 0.435 e. The third kappa shape index (κ3) is 1.04. The van der Waals surface area contributed by atoms with E-state index in [0.717, 1.165) is 0 Å². The summed E-state index contributed by atoms with van der Waals surface area (Å²) in [4.78, 5) is 11.0. The number of cyclic esters (lactones) is 1. The lowest BCUT2D eigenvalue weighted by Gasteiger charge is -2.21. The van der Waals surface area contributed by atoms with Gasteiger partial charge in [-0.2, -0.15) is 0 Å². The Morgan fingerprint density at radius 1 is 1.42 bits per heavy atom. The number of aliphatic hydroxyl groups excluding tert-OH is 2. The zero-order chi connectivity index (χ0) is 8.72. The molecule has 0 aromatic carbocycles. The molecular weight excluding hydrogens is 160 g/mol. The van der Waals surface area contributed by atoms with Crippen molar-refractivity contribution in [3.8, 4) is 0 Å². The maximum absolute atomic E-state index is 11.0. The van der Waals surface area contributed by atoms with E-state index < -0.39 is 18.4 Å². The smallest absolute Gasteiger partial charge is 0.315 e. The van der Waals surface area contributed by atoms with Crippen molar-refractivity contribution in [3.63, 3.8) is 0 Å². The predicted molar refractivity (Wildman–Crippen MR) is 38.8 cm³/mol. The molecule has 0 radical (unpaired) electrons. The molecule has 1 saturated heterocycles. The van der Waals surface area contributed by atoms with E-state index in [1.54, 1.807) is 12.2 Å². The summed E-state index contributed by atoms with van der Waals surface area (Å²) >= 11 is 0. The lowest BCUT2D eigenvalue weighted by Crippen LogP contribution is -2.27. The molecule has 0 bridgehead atoms. The molecule has 4 atom stereocenters. The van der Waals surface area contributed by atoms with Gasteiger partial charge in [-0.05, 0) is 6.42 Å². The number of aliphatic hydroxyl groups is 2. The van der Waals surface area contributed by atoms with Crippen molar-refractivity contribution in [2.24, 2.45) is 11.8 Å². The van der Waals surface area contributed by atoms with Crippen LogP contribution >= 0.6 is 0 Å². The van der Waals surface area contributed by atoms with Gasteiger partial charge in [-0.15, -0.1) is 0 Å². The fourth-order valence-corrected chi connectivity index (χ4v) is 1.73. The summed E-state index contributed by atoms with van der Waals surface area (Å²) in [5.41, 5.74) is 0. The molecular formula is C8H10O4. The second-order valence-corrected chi connectivity index (χ2v) is 3.21. The number of carbonyl (C=O) groups is 1. The Morgan fingerprint density at radius 2 is 2.17 bits per heavy atom. The van der Waals surface area contributed by atoms with Crippen LogP contribution in [0.1, 0.15) is 6.42 Å². The number of hydrogen-bond acceptors (Lipinski definition) is 4. The first kappa shape index (κ1) is 7.76. The molecule has 0 saturated carbocycles. The summed E-state index contributed by atoms with van der Waals surface area (Å²) in [5, 5.41) is 18.4. The van der Waals surface area contributed by atoms with E-state index in [4.69, 9.17) is 0 Å². The first-order valence-electron chi connectivity index (χ1n) is 3.93. The number of carbonyl (C=O) groups excluding carboxylic acids is 1. The summed E-state index contributed by atoms with van der Waals surface area (Å²) < 4.78 is 4.61. The molecule has 0 aromatic rings. The number of fused-ring (bicyclic) bond motifs is 1. The van der Waals surface area contributed by atoms with Crippen molar-refractivity contribution < 1.29 is 19.7 Å². The number of esters is 1. The molecule has 1 aliphatic carbocycles. The Labute approximate surface area is 69.5 Å². The van der Waals surface area contributed by atoms with Crippen molar-refractivity contribution >= 4 is 5.97 Å². The standard InChI is InChI=1S/C8H10O4/c9-4-1-2-5-6(3-4)8(11)12-7(5)10/h1-2,4-6,8-9,11H,3H2/t4-,5-,6+,8-/m0/s1. The van der Waals surface area contributed by atoms with E-state index >= 15 is 0 Å². The molecule has 1 aliphatic heterocycles. The van der Waals surface area contributed by atoms with Gasteiger partial charge in [0.25, 0.3) is 0 Å². The molecule has 66 valence electrons. The Balaban J connectivity index is 2.23. The molecule has 2 aliphatic rings. The van der Waals surface area contributed by atoms with Gasteiger partial charge >= 0.3 is 5.97 Å². The van der Waals surface area contributed by atoms with E-state index in [-0.39, 0.29) is 11.8 Å². The summed E-state index contributed by atoms with van der Waals surface area (Å²) in [7, 11) is 0. The van der Waals surface area contributed by atoms with Crippen LogP contribution in [0.2, 0.25) is 0 Å². The van der Waals surface area contributed by atoms with Crippen molar-refractivity contribution in [2.75, 3.05) is 0 Å². The zero-order valence-electron chi connectivity index (χ0n) is 6.38. The second kappa shape index (κ2) is 2.57. The second-order valence-electron chi connectivity index (χ2n) is 3.21. The fraction of sp³-hybridized carbons (Fsp3) is 0.625. The zero-order valence-corrected chi connectivity index (χ0v) is 6.38. The van der Waals surface area contributed by atoms with Crippen LogP contribution < -0.4 is 0 Å². The van der Waals surface area contributed by atoms with Crippen LogP contribution in [-0.4, -0.2) is 28.6 Å². The fourth-order valence-electron chi connectivity index (χ4n) is 1.73. The summed E-state index contributed by atoms with van der Waals surface area (Å²) in [6.07, 6.45) is 1.98. The van der Waals surface area contributed by atoms with Gasteiger partial charge < -0.3 is 14.9 Å². The Morgan fingerprint density at radius 3 is 2.92 bits per heavy atom. The van der Waals surface area contributed by atoms with Gasteiger partial charge in [-0.3, -0.25) is 4.79 Å². The van der Waals surface area contributed by atoms with E-state index in [1.807, 2.05) is 0 Å². The predicted octanol–water partition coefficient (Wildman–Crippen LogP) is -0.585. The third-order valence-electron chi connectivity index (χ3n) is 2.39. The topological polar surface area (TPSA) is 66.8 Å². The Bertz CT molecular complexity index is 235. The molecule has 0 unspecified atom stereocenters. The molecule has 1 fully saturated rings. The van der Waals surface area contributed by atoms with Crippen LogP contribution in [0.5, 0.6) is 0 Å². The highest BCUT2D eigenvalue weighted by Crippen LogP contribution is 2.34. The van der Waals surface area contributed by atoms with Crippen LogP contribution in [0.3, 0.4) is 0 Å². The monoisotopic (exact) mass is 170 g/mol. The van der Waals surface area contributed by atoms with Gasteiger partial charge in [-0.25, -0.2) is 0 Å². The molecule has 4 heteroatoms. The van der Waals surface area contributed by atoms with Crippen molar-refractivity contribution in [1.29, 1.82) is 0 Å². The minimum absolute atomic E-state index is 0.266. The minimum atomic E-state index is -1.04. The molecule has 12 heavy (non-hydrogen) atoms. The summed E-state index contributed by atoms with van der Waals surface area (Å²) in [6, 6.07) is 0. The van der Waals surface area contributed by atoms with Gasteiger partial charge in [0.2, 0.25) is 6.29 Å². The van der Waals surface area contributed by atoms with Gasteiger partial charge in [0.1, 0.15) is 0 Å². The van der Waals surface area contributed by atoms with Gasteiger partial charge in [0.15, 0.2) is 0 Å². The SMILES string of the molecule is O=C1O[C@H](O)[C@@H]2C[C@@H](O)C=C[C@H]12. The molecule has 0 amide bonds. The van der Waals surface area contributed by atoms with E-state index in [1.165, 1.54) is 0 Å². The minimum Gasteiger partial charge on any atom is -0.435 e. The third-order valence-corrected chi connectivity index (χ3v) is 2.39. The molecule has 1 heterocycles. The summed E-state index contributed by atoms with van der Waals surface area (Å²) in [6.45, 7) is 0. The molecule has 2 N–H and O–H groups in total. The number of hydrogen-bond donors (Lipinski definition) is 2. The van der Waals surface area contributed by atoms with Crippen LogP contribution in [-0.2, 0) is 9.53 Å². The van der Waals surface area contributed by atoms with Crippen molar-refractivity contribution in [2.45, 2.75) is 18.8 Å². The first-order chi connectivity index (χ1) is 5.68. The molecule has 0 aromatic heterocycles. The van der Waals surface area contributed by atoms with Gasteiger partial charge in [0, 0.05) is 5.92 Å². The van der Waals surface area contributed by atoms with E-state index in [0.29, 0.717) is 6.42 Å². The quantitative estimate of drug-likeness (QED) is 0.377. The maximum atomic E-state index is 11.0. The highest BCUT2D eigenvalue weighted by Gasteiger charge is 2.44. The van der Waals surface area contributed by atoms with Crippen LogP contribution in [0.4, 0.5) is 0 Å². The summed E-state index contributed by atoms with van der Waals surface area (Å²) in [5.74, 6) is -1.02. The van der Waals surface area contributed by atoms with Crippen molar-refractivity contribution in [1.82, 2.24) is 0 Å². The van der Waals surface area contributed by atoms with E-state index in [9.17, 15) is 15.0 Å². The lowest BCUT2D eigenvalue weighted by molar-refractivity contribution is -0.156. The van der Waals surface area contributed by atoms with Crippen LogP contribution in [0.15, 0.2) is 12.2 Å². The highest BCUT2D eigenvalue weighted by molar-refractivity contribution is 5.77. The molecule has 2 rings (SSSR count). The molecule has 4 nitrogen and oxygen atoms in total. The van der Waals surface area contributed by atoms with E-state index in [2.05, 4.69) is 4.74 Å². The highest BCUT2D eigenvalue weighted by atomic mass is 16.6. The normalized spacial score (nSPS) is 45.7. The number of ether oxygens (including phenoxy) is 1. The average Bonchev–Trinajstić information content (AvgIpc) is 2.28. The van der Waals surface area contributed by atoms with Crippen LogP contribution in [0, 0.1) is 11.8 Å². The maximum Gasteiger partial charge on any atom is 0.315 e. The molecule has 0 spiro atoms. The van der Waals surface area contributed by atoms with Crippen LogP contribution in [0.25, 0.3) is 0 Å². The Hall–Kier alpha value is -0.870. The first-order valence-corrected chi connectivity index (χ1v) is 3.93. The Kier molecular flexibility index (Phi) is 1.66. The van der Waals surface area contributed by atoms with Gasteiger partial charge in [-0.1, -0.05) is 12.2 Å². The van der Waals surface area contributed by atoms with Gasteiger partial charge in [0.05, 0.1) is 12.0 Å². The number of rotatable bonds is 0. The van der Waals surface area contributed by atoms with Crippen molar-refractivity contribution in [3.05, 3.63) is 12.2 Å².